The minimum Gasteiger partial charge on any atom is -0.466 e. The molecule has 1 aromatic rings. The van der Waals surface area contributed by atoms with Crippen LogP contribution in [0.5, 0.6) is 0 Å². The number of hydrogen-bond acceptors (Lipinski definition) is 5. The Hall–Kier alpha value is -2.53. The third-order valence-corrected chi connectivity index (χ3v) is 2.33. The van der Waals surface area contributed by atoms with Gasteiger partial charge in [0.25, 0.3) is 0 Å². The Morgan fingerprint density at radius 2 is 1.95 bits per heavy atom. The molecule has 100 valence electrons. The number of hydrogen-bond donors (Lipinski definition) is 0. The fourth-order valence-electron chi connectivity index (χ4n) is 1.54. The van der Waals surface area contributed by atoms with Crippen molar-refractivity contribution in [3.05, 3.63) is 46.3 Å². The lowest BCUT2D eigenvalue weighted by molar-refractivity contribution is -0.166. The molecule has 0 heterocycles. The standard InChI is InChI=1S/C12H13N3O4/c1-8(16)19-11(12(17)18-2)10(14-15-13)9-6-4-3-5-7-9/h3-7,10-11H,1-2H3/t10-,11+/m1/s1. The molecule has 0 aromatic heterocycles. The predicted molar refractivity (Wildman–Crippen MR) is 65.9 cm³/mol. The Bertz CT molecular complexity index is 497. The Kier molecular flexibility index (Phi) is 5.37. The molecule has 0 saturated carbocycles. The first-order valence-corrected chi connectivity index (χ1v) is 5.44. The van der Waals surface area contributed by atoms with Gasteiger partial charge in [-0.2, -0.15) is 0 Å². The van der Waals surface area contributed by atoms with Crippen molar-refractivity contribution in [3.8, 4) is 0 Å². The minimum absolute atomic E-state index is 0.553. The number of carbonyl (C=O) groups is 2. The number of carbonyl (C=O) groups excluding carboxylic acids is 2. The van der Waals surface area contributed by atoms with E-state index < -0.39 is 24.1 Å². The number of methoxy groups -OCH3 is 1. The largest absolute Gasteiger partial charge is 0.466 e. The van der Waals surface area contributed by atoms with E-state index in [0.29, 0.717) is 5.56 Å². The molecule has 0 unspecified atom stereocenters. The van der Waals surface area contributed by atoms with E-state index in [2.05, 4.69) is 14.8 Å². The number of rotatable bonds is 5. The average Bonchev–Trinajstić information content (AvgIpc) is 2.42. The second-order valence-electron chi connectivity index (χ2n) is 3.61. The van der Waals surface area contributed by atoms with E-state index in [-0.39, 0.29) is 0 Å². The number of esters is 2. The van der Waals surface area contributed by atoms with Gasteiger partial charge in [0.15, 0.2) is 0 Å². The lowest BCUT2D eigenvalue weighted by atomic mass is 10.0. The van der Waals surface area contributed by atoms with Gasteiger partial charge in [0, 0.05) is 11.8 Å². The van der Waals surface area contributed by atoms with Crippen LogP contribution in [0.25, 0.3) is 10.4 Å². The predicted octanol–water partition coefficient (Wildman–Crippen LogP) is 2.14. The molecule has 0 spiro atoms. The van der Waals surface area contributed by atoms with Crippen molar-refractivity contribution in [1.82, 2.24) is 0 Å². The van der Waals surface area contributed by atoms with Gasteiger partial charge in [-0.05, 0) is 11.1 Å². The van der Waals surface area contributed by atoms with Crippen LogP contribution in [-0.2, 0) is 19.1 Å². The Morgan fingerprint density at radius 3 is 2.42 bits per heavy atom. The summed E-state index contributed by atoms with van der Waals surface area (Å²) in [6, 6.07) is 7.57. The van der Waals surface area contributed by atoms with E-state index in [0.717, 1.165) is 14.0 Å². The summed E-state index contributed by atoms with van der Waals surface area (Å²) in [5.74, 6) is -1.44. The molecule has 7 nitrogen and oxygen atoms in total. The molecular formula is C12H13N3O4. The van der Waals surface area contributed by atoms with E-state index in [4.69, 9.17) is 10.3 Å². The van der Waals surface area contributed by atoms with E-state index in [1.54, 1.807) is 30.3 Å². The van der Waals surface area contributed by atoms with Crippen molar-refractivity contribution in [1.29, 1.82) is 0 Å². The molecule has 0 saturated heterocycles. The summed E-state index contributed by atoms with van der Waals surface area (Å²) in [6.07, 6.45) is -1.30. The molecule has 1 aromatic carbocycles. The Balaban J connectivity index is 3.15. The highest BCUT2D eigenvalue weighted by Gasteiger charge is 2.32. The van der Waals surface area contributed by atoms with E-state index in [1.807, 2.05) is 0 Å². The van der Waals surface area contributed by atoms with Crippen LogP contribution in [0.2, 0.25) is 0 Å². The minimum atomic E-state index is -1.30. The molecule has 7 heteroatoms. The van der Waals surface area contributed by atoms with Gasteiger partial charge in [-0.3, -0.25) is 4.79 Å². The summed E-state index contributed by atoms with van der Waals surface area (Å²) in [4.78, 5) is 25.4. The van der Waals surface area contributed by atoms with Gasteiger partial charge in [-0.1, -0.05) is 35.4 Å². The van der Waals surface area contributed by atoms with E-state index in [9.17, 15) is 9.59 Å². The van der Waals surface area contributed by atoms with Gasteiger partial charge in [0.1, 0.15) is 6.04 Å². The summed E-state index contributed by atoms with van der Waals surface area (Å²) in [6.45, 7) is 1.16. The Morgan fingerprint density at radius 1 is 1.32 bits per heavy atom. The van der Waals surface area contributed by atoms with Crippen LogP contribution >= 0.6 is 0 Å². The zero-order chi connectivity index (χ0) is 14.3. The monoisotopic (exact) mass is 263 g/mol. The van der Waals surface area contributed by atoms with Crippen LogP contribution in [0.3, 0.4) is 0 Å². The lowest BCUT2D eigenvalue weighted by Crippen LogP contribution is -2.32. The molecule has 0 N–H and O–H groups in total. The van der Waals surface area contributed by atoms with Crippen LogP contribution in [0.1, 0.15) is 18.5 Å². The fraction of sp³-hybridized carbons (Fsp3) is 0.333. The first kappa shape index (κ1) is 14.5. The molecule has 0 aliphatic carbocycles. The van der Waals surface area contributed by atoms with Crippen LogP contribution in [0.4, 0.5) is 0 Å². The highest BCUT2D eigenvalue weighted by Crippen LogP contribution is 2.25. The van der Waals surface area contributed by atoms with Gasteiger partial charge in [0.05, 0.1) is 7.11 Å². The lowest BCUT2D eigenvalue weighted by Gasteiger charge is -2.21. The smallest absolute Gasteiger partial charge is 0.347 e. The normalized spacial score (nSPS) is 12.7. The van der Waals surface area contributed by atoms with Gasteiger partial charge < -0.3 is 9.47 Å². The first-order valence-electron chi connectivity index (χ1n) is 5.44. The second-order valence-corrected chi connectivity index (χ2v) is 3.61. The average molecular weight is 263 g/mol. The molecular weight excluding hydrogens is 250 g/mol. The van der Waals surface area contributed by atoms with Gasteiger partial charge >= 0.3 is 11.9 Å². The van der Waals surface area contributed by atoms with Crippen molar-refractivity contribution >= 4 is 11.9 Å². The molecule has 0 amide bonds. The molecule has 2 atom stereocenters. The quantitative estimate of drug-likeness (QED) is 0.351. The van der Waals surface area contributed by atoms with Crippen molar-refractivity contribution in [3.63, 3.8) is 0 Å². The molecule has 0 aliphatic rings. The van der Waals surface area contributed by atoms with Gasteiger partial charge in [-0.25, -0.2) is 4.79 Å². The second kappa shape index (κ2) is 7.03. The topological polar surface area (TPSA) is 101 Å². The fourth-order valence-corrected chi connectivity index (χ4v) is 1.54. The third-order valence-electron chi connectivity index (χ3n) is 2.33. The van der Waals surface area contributed by atoms with Gasteiger partial charge in [0.2, 0.25) is 6.10 Å². The SMILES string of the molecule is COC(=O)[C@@H](OC(C)=O)[C@H](N=[N+]=[N-])c1ccccc1. The maximum Gasteiger partial charge on any atom is 0.347 e. The van der Waals surface area contributed by atoms with Crippen LogP contribution in [0.15, 0.2) is 35.4 Å². The van der Waals surface area contributed by atoms with Crippen molar-refractivity contribution in [2.75, 3.05) is 7.11 Å². The van der Waals surface area contributed by atoms with Crippen LogP contribution < -0.4 is 0 Å². The summed E-state index contributed by atoms with van der Waals surface area (Å²) >= 11 is 0. The van der Waals surface area contributed by atoms with Crippen molar-refractivity contribution in [2.24, 2.45) is 5.11 Å². The molecule has 0 bridgehead atoms. The Labute approximate surface area is 109 Å². The summed E-state index contributed by atoms with van der Waals surface area (Å²) in [5, 5.41) is 3.52. The zero-order valence-corrected chi connectivity index (χ0v) is 10.5. The number of azide groups is 1. The summed E-state index contributed by atoms with van der Waals surface area (Å²) < 4.78 is 9.46. The summed E-state index contributed by atoms with van der Waals surface area (Å²) in [7, 11) is 1.16. The maximum absolute atomic E-state index is 11.7. The molecule has 1 rings (SSSR count). The zero-order valence-electron chi connectivity index (χ0n) is 10.5. The highest BCUT2D eigenvalue weighted by molar-refractivity contribution is 5.79. The molecule has 19 heavy (non-hydrogen) atoms. The molecule has 0 fully saturated rings. The summed E-state index contributed by atoms with van der Waals surface area (Å²) in [5.41, 5.74) is 9.15. The number of nitrogens with zero attached hydrogens (tertiary/aromatic N) is 3. The van der Waals surface area contributed by atoms with E-state index in [1.165, 1.54) is 0 Å². The van der Waals surface area contributed by atoms with Crippen LogP contribution in [0, 0.1) is 0 Å². The van der Waals surface area contributed by atoms with Crippen molar-refractivity contribution in [2.45, 2.75) is 19.1 Å². The van der Waals surface area contributed by atoms with Gasteiger partial charge in [-0.15, -0.1) is 0 Å². The van der Waals surface area contributed by atoms with E-state index >= 15 is 0 Å². The van der Waals surface area contributed by atoms with Crippen molar-refractivity contribution < 1.29 is 19.1 Å². The third kappa shape index (κ3) is 4.01. The van der Waals surface area contributed by atoms with Crippen LogP contribution in [-0.4, -0.2) is 25.2 Å². The molecule has 0 aliphatic heterocycles. The number of ether oxygens (including phenoxy) is 2. The highest BCUT2D eigenvalue weighted by atomic mass is 16.6. The maximum atomic E-state index is 11.7. The molecule has 0 radical (unpaired) electrons. The number of benzene rings is 1. The first-order chi connectivity index (χ1) is 9.10.